The average molecular weight is 378 g/mol. The molecular formula is C20H18N4O4. The van der Waals surface area contributed by atoms with Crippen molar-refractivity contribution in [3.05, 3.63) is 72.4 Å². The summed E-state index contributed by atoms with van der Waals surface area (Å²) in [5, 5.41) is 17.0. The number of ether oxygens (including phenoxy) is 1. The van der Waals surface area contributed by atoms with Crippen LogP contribution in [-0.2, 0) is 0 Å². The predicted octanol–water partition coefficient (Wildman–Crippen LogP) is 4.18. The molecular weight excluding hydrogens is 360 g/mol. The van der Waals surface area contributed by atoms with Gasteiger partial charge in [0.05, 0.1) is 18.5 Å². The molecule has 0 aliphatic heterocycles. The first-order valence-electron chi connectivity index (χ1n) is 8.33. The molecule has 0 bridgehead atoms. The molecule has 1 heterocycles. The smallest absolute Gasteiger partial charge is 0.409 e. The lowest BCUT2D eigenvalue weighted by atomic mass is 10.2. The first-order chi connectivity index (χ1) is 13.5. The molecule has 8 heteroatoms. The Hall–Kier alpha value is -4.07. The first-order valence-corrected chi connectivity index (χ1v) is 8.33. The van der Waals surface area contributed by atoms with Gasteiger partial charge in [0, 0.05) is 11.8 Å². The van der Waals surface area contributed by atoms with E-state index in [1.807, 2.05) is 18.2 Å². The van der Waals surface area contributed by atoms with Gasteiger partial charge in [-0.05, 0) is 30.3 Å². The van der Waals surface area contributed by atoms with E-state index in [1.165, 1.54) is 19.2 Å². The van der Waals surface area contributed by atoms with E-state index in [0.29, 0.717) is 17.1 Å². The molecule has 0 spiro atoms. The van der Waals surface area contributed by atoms with Crippen LogP contribution in [0.1, 0.15) is 10.5 Å². The second kappa shape index (κ2) is 8.54. The highest BCUT2D eigenvalue weighted by Crippen LogP contribution is 2.27. The quantitative estimate of drug-likeness (QED) is 0.512. The average Bonchev–Trinajstić information content (AvgIpc) is 2.68. The van der Waals surface area contributed by atoms with Crippen LogP contribution in [0, 0.1) is 0 Å². The van der Waals surface area contributed by atoms with Crippen LogP contribution in [0.5, 0.6) is 5.75 Å². The third-order valence-electron chi connectivity index (χ3n) is 3.71. The highest BCUT2D eigenvalue weighted by molar-refractivity contribution is 6.04. The molecule has 0 saturated heterocycles. The Morgan fingerprint density at radius 2 is 1.64 bits per heavy atom. The van der Waals surface area contributed by atoms with Crippen molar-refractivity contribution in [2.24, 2.45) is 0 Å². The number of nitrogens with zero attached hydrogens (tertiary/aromatic N) is 1. The first kappa shape index (κ1) is 18.7. The number of pyridine rings is 1. The number of amides is 2. The number of hydrogen-bond donors (Lipinski definition) is 4. The molecule has 0 saturated carbocycles. The van der Waals surface area contributed by atoms with Gasteiger partial charge in [0.25, 0.3) is 5.91 Å². The minimum absolute atomic E-state index is 0.0486. The van der Waals surface area contributed by atoms with Crippen molar-refractivity contribution in [1.29, 1.82) is 0 Å². The van der Waals surface area contributed by atoms with E-state index in [0.717, 1.165) is 0 Å². The van der Waals surface area contributed by atoms with Crippen molar-refractivity contribution in [1.82, 2.24) is 4.98 Å². The summed E-state index contributed by atoms with van der Waals surface area (Å²) in [4.78, 5) is 27.9. The molecule has 1 aromatic heterocycles. The summed E-state index contributed by atoms with van der Waals surface area (Å²) in [5.41, 5.74) is 1.48. The highest BCUT2D eigenvalue weighted by Gasteiger charge is 2.13. The van der Waals surface area contributed by atoms with Crippen molar-refractivity contribution >= 4 is 34.9 Å². The summed E-state index contributed by atoms with van der Waals surface area (Å²) in [6.07, 6.45) is -1.25. The standard InChI is InChI=1S/C20H18N4O4/c1-28-17-10-6-5-9-15(17)23-18-12-14(22-20(26)27)11-16(24-18)19(25)21-13-7-3-2-4-8-13/h2-12H,1H3,(H,21,25)(H,26,27)(H2,22,23,24). The van der Waals surface area contributed by atoms with Gasteiger partial charge in [-0.1, -0.05) is 30.3 Å². The van der Waals surface area contributed by atoms with Crippen molar-refractivity contribution in [3.63, 3.8) is 0 Å². The third kappa shape index (κ3) is 4.76. The number of nitrogens with one attached hydrogen (secondary N) is 3. The van der Waals surface area contributed by atoms with Crippen LogP contribution in [0.15, 0.2) is 66.7 Å². The molecule has 28 heavy (non-hydrogen) atoms. The molecule has 2 aromatic carbocycles. The molecule has 3 aromatic rings. The lowest BCUT2D eigenvalue weighted by molar-refractivity contribution is 0.102. The molecule has 0 radical (unpaired) electrons. The fourth-order valence-corrected chi connectivity index (χ4v) is 2.51. The number of anilines is 4. The van der Waals surface area contributed by atoms with Gasteiger partial charge in [0.2, 0.25) is 0 Å². The Labute approximate surface area is 161 Å². The number of carbonyl (C=O) groups is 2. The molecule has 0 fully saturated rings. The van der Waals surface area contributed by atoms with Crippen LogP contribution in [-0.4, -0.2) is 29.2 Å². The van der Waals surface area contributed by atoms with Gasteiger partial charge in [-0.15, -0.1) is 0 Å². The van der Waals surface area contributed by atoms with E-state index < -0.39 is 12.0 Å². The van der Waals surface area contributed by atoms with Gasteiger partial charge in [0.1, 0.15) is 17.3 Å². The van der Waals surface area contributed by atoms with Gasteiger partial charge in [-0.3, -0.25) is 10.1 Å². The van der Waals surface area contributed by atoms with E-state index in [-0.39, 0.29) is 17.2 Å². The number of benzene rings is 2. The molecule has 142 valence electrons. The lowest BCUT2D eigenvalue weighted by Crippen LogP contribution is -2.16. The highest BCUT2D eigenvalue weighted by atomic mass is 16.5. The molecule has 2 amide bonds. The normalized spacial score (nSPS) is 10.0. The Morgan fingerprint density at radius 3 is 2.36 bits per heavy atom. The maximum Gasteiger partial charge on any atom is 0.409 e. The predicted molar refractivity (Wildman–Crippen MR) is 107 cm³/mol. The number of rotatable bonds is 6. The summed E-state index contributed by atoms with van der Waals surface area (Å²) >= 11 is 0. The summed E-state index contributed by atoms with van der Waals surface area (Å²) in [6, 6.07) is 18.9. The number of para-hydroxylation sites is 3. The largest absolute Gasteiger partial charge is 0.495 e. The lowest BCUT2D eigenvalue weighted by Gasteiger charge is -2.13. The van der Waals surface area contributed by atoms with E-state index in [2.05, 4.69) is 20.9 Å². The van der Waals surface area contributed by atoms with Crippen molar-refractivity contribution in [3.8, 4) is 5.75 Å². The molecule has 0 unspecified atom stereocenters. The van der Waals surface area contributed by atoms with E-state index in [4.69, 9.17) is 9.84 Å². The fraction of sp³-hybridized carbons (Fsp3) is 0.0500. The van der Waals surface area contributed by atoms with E-state index >= 15 is 0 Å². The van der Waals surface area contributed by atoms with Crippen molar-refractivity contribution in [2.75, 3.05) is 23.1 Å². The van der Waals surface area contributed by atoms with Gasteiger partial charge < -0.3 is 20.5 Å². The number of hydrogen-bond acceptors (Lipinski definition) is 5. The SMILES string of the molecule is COc1ccccc1Nc1cc(NC(=O)O)cc(C(=O)Nc2ccccc2)n1. The van der Waals surface area contributed by atoms with Gasteiger partial charge in [0.15, 0.2) is 0 Å². The van der Waals surface area contributed by atoms with Crippen LogP contribution in [0.4, 0.5) is 27.7 Å². The number of aromatic nitrogens is 1. The molecule has 0 aliphatic rings. The zero-order chi connectivity index (χ0) is 19.9. The summed E-state index contributed by atoms with van der Waals surface area (Å²) in [7, 11) is 1.54. The maximum atomic E-state index is 12.6. The van der Waals surface area contributed by atoms with Crippen molar-refractivity contribution < 1.29 is 19.4 Å². The maximum absolute atomic E-state index is 12.6. The fourth-order valence-electron chi connectivity index (χ4n) is 2.51. The van der Waals surface area contributed by atoms with Crippen LogP contribution < -0.4 is 20.7 Å². The minimum atomic E-state index is -1.25. The molecule has 3 rings (SSSR count). The Kier molecular flexibility index (Phi) is 5.71. The topological polar surface area (TPSA) is 113 Å². The molecule has 0 aliphatic carbocycles. The zero-order valence-corrected chi connectivity index (χ0v) is 15.0. The second-order valence-corrected chi connectivity index (χ2v) is 5.70. The Bertz CT molecular complexity index is 993. The number of methoxy groups -OCH3 is 1. The zero-order valence-electron chi connectivity index (χ0n) is 15.0. The van der Waals surface area contributed by atoms with Crippen LogP contribution in [0.2, 0.25) is 0 Å². The Morgan fingerprint density at radius 1 is 0.929 bits per heavy atom. The minimum Gasteiger partial charge on any atom is -0.495 e. The van der Waals surface area contributed by atoms with Gasteiger partial charge >= 0.3 is 6.09 Å². The van der Waals surface area contributed by atoms with E-state index in [1.54, 1.807) is 36.4 Å². The monoisotopic (exact) mass is 378 g/mol. The molecule has 8 nitrogen and oxygen atoms in total. The summed E-state index contributed by atoms with van der Waals surface area (Å²) in [6.45, 7) is 0. The molecule has 4 N–H and O–H groups in total. The van der Waals surface area contributed by atoms with E-state index in [9.17, 15) is 9.59 Å². The van der Waals surface area contributed by atoms with Gasteiger partial charge in [-0.25, -0.2) is 9.78 Å². The van der Waals surface area contributed by atoms with Crippen LogP contribution in [0.3, 0.4) is 0 Å². The summed E-state index contributed by atoms with van der Waals surface area (Å²) in [5.74, 6) is 0.397. The second-order valence-electron chi connectivity index (χ2n) is 5.70. The third-order valence-corrected chi connectivity index (χ3v) is 3.71. The van der Waals surface area contributed by atoms with Gasteiger partial charge in [-0.2, -0.15) is 0 Å². The number of carboxylic acid groups (broad SMARTS) is 1. The van der Waals surface area contributed by atoms with Crippen LogP contribution in [0.25, 0.3) is 0 Å². The van der Waals surface area contributed by atoms with Crippen LogP contribution >= 0.6 is 0 Å². The van der Waals surface area contributed by atoms with Crippen molar-refractivity contribution in [2.45, 2.75) is 0 Å². The molecule has 0 atom stereocenters. The summed E-state index contributed by atoms with van der Waals surface area (Å²) < 4.78 is 5.29. The number of carbonyl (C=O) groups excluding carboxylic acids is 1. The Balaban J connectivity index is 1.92.